The molecule has 6 atom stereocenters. The van der Waals surface area contributed by atoms with Gasteiger partial charge in [0, 0.05) is 84.8 Å². The summed E-state index contributed by atoms with van der Waals surface area (Å²) in [5.41, 5.74) is 4.36. The van der Waals surface area contributed by atoms with Gasteiger partial charge in [0.25, 0.3) is 0 Å². The van der Waals surface area contributed by atoms with Crippen LogP contribution in [0.5, 0.6) is 11.8 Å². The van der Waals surface area contributed by atoms with Crippen molar-refractivity contribution < 1.29 is 51.6 Å². The Morgan fingerprint density at radius 2 is 1.71 bits per heavy atom. The number of carbonyl (C=O) groups excluding carboxylic acids is 2. The molecule has 11 rings (SSSR count). The van der Waals surface area contributed by atoms with E-state index in [1.165, 1.54) is 35.9 Å². The molecule has 1 saturated heterocycles. The normalized spacial score (nSPS) is 18.2. The number of amides is 2. The van der Waals surface area contributed by atoms with Gasteiger partial charge in [0.2, 0.25) is 11.8 Å². The van der Waals surface area contributed by atoms with E-state index >= 15 is 17.6 Å². The van der Waals surface area contributed by atoms with Crippen LogP contribution in [0.3, 0.4) is 0 Å². The number of H-pyrrole nitrogens is 1. The van der Waals surface area contributed by atoms with Crippen molar-refractivity contribution in [1.29, 1.82) is 0 Å². The number of aliphatic hydroxyl groups is 2. The maximum Gasteiger partial charge on any atom is 0.417 e. The van der Waals surface area contributed by atoms with Crippen LogP contribution in [0.1, 0.15) is 67.1 Å². The quantitative estimate of drug-likeness (QED) is 0.0514. The fourth-order valence-corrected chi connectivity index (χ4v) is 11.1. The molecular weight excluding hydrogens is 1060 g/mol. The second-order valence-corrected chi connectivity index (χ2v) is 21.4. The fraction of sp³-hybridized carbons (Fsp3) is 0.356. The zero-order valence-corrected chi connectivity index (χ0v) is 45.7. The third-order valence-electron chi connectivity index (χ3n) is 15.5. The molecule has 4 aromatic heterocycles. The summed E-state index contributed by atoms with van der Waals surface area (Å²) in [4.78, 5) is 45.4. The number of hydrogen-bond donors (Lipinski definition) is 5. The van der Waals surface area contributed by atoms with Crippen molar-refractivity contribution in [2.24, 2.45) is 5.92 Å². The van der Waals surface area contributed by atoms with Gasteiger partial charge in [-0.05, 0) is 84.3 Å². The lowest BCUT2D eigenvalue weighted by atomic mass is 9.90. The van der Waals surface area contributed by atoms with E-state index in [1.807, 2.05) is 62.1 Å². The number of nitrogens with one attached hydrogen (secondary N) is 3. The molecule has 2 bridgehead atoms. The van der Waals surface area contributed by atoms with Crippen molar-refractivity contribution in [2.75, 3.05) is 44.9 Å². The summed E-state index contributed by atoms with van der Waals surface area (Å²) in [6, 6.07) is 15.4. The average Bonchev–Trinajstić information content (AvgIpc) is 4.51. The number of benzene rings is 4. The van der Waals surface area contributed by atoms with Crippen molar-refractivity contribution >= 4 is 39.4 Å². The number of nitrogens with zero attached hydrogens (tertiary/aromatic N) is 9. The van der Waals surface area contributed by atoms with Crippen molar-refractivity contribution in [2.45, 2.75) is 90.2 Å². The topological polar surface area (TPSA) is 231 Å². The molecule has 3 aliphatic rings. The van der Waals surface area contributed by atoms with Gasteiger partial charge < -0.3 is 44.9 Å². The molecule has 2 amide bonds. The van der Waals surface area contributed by atoms with Gasteiger partial charge >= 0.3 is 12.2 Å². The Morgan fingerprint density at radius 3 is 2.39 bits per heavy atom. The van der Waals surface area contributed by atoms with E-state index in [4.69, 9.17) is 24.2 Å². The van der Waals surface area contributed by atoms with Crippen LogP contribution in [0, 0.1) is 25.6 Å². The first-order valence-corrected chi connectivity index (χ1v) is 26.9. The molecule has 7 heterocycles. The van der Waals surface area contributed by atoms with Crippen LogP contribution in [0.15, 0.2) is 103 Å². The summed E-state index contributed by atoms with van der Waals surface area (Å²) in [7, 11) is 1.52. The Kier molecular flexibility index (Phi) is 15.2. The summed E-state index contributed by atoms with van der Waals surface area (Å²) < 4.78 is 83.0. The number of anilines is 1. The van der Waals surface area contributed by atoms with Gasteiger partial charge in [-0.3, -0.25) is 19.7 Å². The third kappa shape index (κ3) is 10.7. The zero-order chi connectivity index (χ0) is 57.7. The summed E-state index contributed by atoms with van der Waals surface area (Å²) in [6.07, 6.45) is 2.05. The number of alkyl halides is 3. The van der Waals surface area contributed by atoms with Crippen LogP contribution >= 0.6 is 0 Å². The lowest BCUT2D eigenvalue weighted by molar-refractivity contribution is -0.142. The molecule has 19 nitrogen and oxygen atoms in total. The third-order valence-corrected chi connectivity index (χ3v) is 15.5. The predicted octanol–water partition coefficient (Wildman–Crippen LogP) is 7.95. The average molecular weight is 1130 g/mol. The van der Waals surface area contributed by atoms with Gasteiger partial charge in [0.05, 0.1) is 48.3 Å². The molecule has 426 valence electrons. The number of halogens is 4. The molecule has 0 saturated carbocycles. The molecule has 23 heteroatoms. The summed E-state index contributed by atoms with van der Waals surface area (Å²) in [5.74, 6) is -2.22. The lowest BCUT2D eigenvalue weighted by Gasteiger charge is -2.30. The zero-order valence-electron chi connectivity index (χ0n) is 45.7. The molecule has 0 radical (unpaired) electrons. The molecule has 4 aromatic carbocycles. The number of methoxy groups -OCH3 is 1. The molecular formula is C59H60F4N12O7. The molecule has 1 fully saturated rings. The van der Waals surface area contributed by atoms with Crippen molar-refractivity contribution in [3.8, 4) is 45.3 Å². The van der Waals surface area contributed by atoms with E-state index < -0.39 is 71.9 Å². The largest absolute Gasteiger partial charge is 0.486 e. The van der Waals surface area contributed by atoms with E-state index in [-0.39, 0.29) is 88.6 Å². The molecule has 0 aliphatic carbocycles. The first-order valence-electron chi connectivity index (χ1n) is 26.9. The van der Waals surface area contributed by atoms with Crippen LogP contribution in [-0.4, -0.2) is 131 Å². The number of likely N-dealkylation sites (tertiary alicyclic amines) is 1. The van der Waals surface area contributed by atoms with Crippen LogP contribution in [0.2, 0.25) is 0 Å². The fourth-order valence-electron chi connectivity index (χ4n) is 11.1. The Labute approximate surface area is 468 Å². The second-order valence-electron chi connectivity index (χ2n) is 21.4. The van der Waals surface area contributed by atoms with Crippen molar-refractivity contribution in [1.82, 2.24) is 55.7 Å². The maximum atomic E-state index is 15.9. The SMILES string of the molecule is CO[C@@H](C)COc1nc(N2C[C@@H]3C=C2CN3)c2cc(C(F)(F)F)c(-c3c(C)c(F)cc4[nH]ncc34)c(OCc3ccc(-c4cn([C@H](C(=O)N5C[C@H](O)C[C@H]5C(=O)N[C@@H](CO)c5ccc(-c6ccncc6C)cc5)C(C)C)nn4)cc3)c2n1. The Morgan fingerprint density at radius 1 is 0.939 bits per heavy atom. The molecule has 8 aromatic rings. The highest BCUT2D eigenvalue weighted by atomic mass is 19.4. The highest BCUT2D eigenvalue weighted by molar-refractivity contribution is 6.06. The van der Waals surface area contributed by atoms with Crippen molar-refractivity contribution in [3.63, 3.8) is 0 Å². The number of hydrogen-bond acceptors (Lipinski definition) is 15. The number of β-amino-alcohol motifs (C(OH)–C–C–N with tert-alkyl or cyclic N) is 1. The van der Waals surface area contributed by atoms with Crippen LogP contribution in [0.4, 0.5) is 23.4 Å². The predicted molar refractivity (Wildman–Crippen MR) is 296 cm³/mol. The van der Waals surface area contributed by atoms with Gasteiger partial charge in [0.1, 0.15) is 48.1 Å². The van der Waals surface area contributed by atoms with E-state index in [1.54, 1.807) is 49.8 Å². The summed E-state index contributed by atoms with van der Waals surface area (Å²) in [6.45, 7) is 8.89. The van der Waals surface area contributed by atoms with E-state index in [0.717, 1.165) is 28.5 Å². The maximum absolute atomic E-state index is 15.9. The number of aromatic nitrogens is 8. The van der Waals surface area contributed by atoms with E-state index in [0.29, 0.717) is 35.5 Å². The Hall–Kier alpha value is -8.38. The highest BCUT2D eigenvalue weighted by Gasteiger charge is 2.44. The molecule has 0 spiro atoms. The number of rotatable bonds is 18. The van der Waals surface area contributed by atoms with Crippen LogP contribution in [-0.2, 0) is 27.1 Å². The van der Waals surface area contributed by atoms with Gasteiger partial charge in [-0.15, -0.1) is 5.10 Å². The number of carbonyl (C=O) groups is 2. The monoisotopic (exact) mass is 1120 g/mol. The molecule has 0 unspecified atom stereocenters. The summed E-state index contributed by atoms with van der Waals surface area (Å²) in [5, 5.41) is 43.4. The number of piperazine rings is 1. The van der Waals surface area contributed by atoms with Crippen molar-refractivity contribution in [3.05, 3.63) is 137 Å². The highest BCUT2D eigenvalue weighted by Crippen LogP contribution is 2.51. The number of pyridine rings is 1. The van der Waals surface area contributed by atoms with Gasteiger partial charge in [-0.25, -0.2) is 9.07 Å². The van der Waals surface area contributed by atoms with Gasteiger partial charge in [-0.2, -0.15) is 28.2 Å². The number of aryl methyl sites for hydroxylation is 1. The standard InChI is InChI=1S/C59H60F4N12O7/c1-30(2)53(57(79)74-25-40(77)18-49(74)56(78)67-48(27-76)37-13-11-35(12-14-37)41-15-16-64-21-31(41)3)75-26-47(71-72-75)36-9-7-34(8-10-36)29-81-54-51(50-33(5)45(60)20-46-43(50)23-66-70-46)44(59(61,62)63)19-42-52(54)68-58(82-28-32(4)80-6)69-55(42)73-24-38-17-39(73)22-65-38/h7-17,19-21,23,26,30,32,38,40,48-49,53,65,76-77H,18,22,24-25,27-29H2,1-6H3,(H,66,70)(H,67,78)/t32-,38-,40+,48-,49-,53-/m0/s1. The van der Waals surface area contributed by atoms with Crippen LogP contribution < -0.4 is 25.0 Å². The first kappa shape index (κ1) is 55.5. The van der Waals surface area contributed by atoms with E-state index in [9.17, 15) is 19.8 Å². The van der Waals surface area contributed by atoms with E-state index in [2.05, 4.69) is 36.1 Å². The molecule has 5 N–H and O–H groups in total. The minimum absolute atomic E-state index is 0.00427. The number of aromatic amines is 1. The Balaban J connectivity index is 0.879. The second kappa shape index (κ2) is 22.5. The molecule has 82 heavy (non-hydrogen) atoms. The smallest absolute Gasteiger partial charge is 0.417 e. The number of ether oxygens (including phenoxy) is 3. The van der Waals surface area contributed by atoms with Gasteiger partial charge in [-0.1, -0.05) is 67.6 Å². The van der Waals surface area contributed by atoms with Gasteiger partial charge in [0.15, 0.2) is 5.75 Å². The minimum Gasteiger partial charge on any atom is -0.486 e. The lowest BCUT2D eigenvalue weighted by Crippen LogP contribution is -2.50. The number of fused-ring (bicyclic) bond motifs is 3. The summed E-state index contributed by atoms with van der Waals surface area (Å²) >= 11 is 0. The van der Waals surface area contributed by atoms with Crippen LogP contribution in [0.25, 0.3) is 55.3 Å². The Bertz CT molecular complexity index is 3740. The first-order chi connectivity index (χ1) is 39.4. The number of aliphatic hydroxyl groups excluding tert-OH is 2. The minimum atomic E-state index is -4.99. The molecule has 3 aliphatic heterocycles.